The number of hydrogen-bond acceptors (Lipinski definition) is 3. The fraction of sp³-hybridized carbons (Fsp3) is 0. The van der Waals surface area contributed by atoms with Crippen molar-refractivity contribution in [3.63, 3.8) is 0 Å². The Kier molecular flexibility index (Phi) is 4.40. The summed E-state index contributed by atoms with van der Waals surface area (Å²) < 4.78 is 1.17. The Labute approximate surface area is 168 Å². The van der Waals surface area contributed by atoms with Gasteiger partial charge in [0.05, 0.1) is 10.6 Å². The Balaban J connectivity index is 1.98. The minimum atomic E-state index is -0.362. The normalized spacial score (nSPS) is 10.9. The molecular formula is C19H9Cl3N4O. The first-order valence-corrected chi connectivity index (χ1v) is 8.89. The lowest BCUT2D eigenvalue weighted by molar-refractivity contribution is 0.905. The van der Waals surface area contributed by atoms with Gasteiger partial charge in [-0.05, 0) is 35.9 Å². The van der Waals surface area contributed by atoms with Gasteiger partial charge in [0.15, 0.2) is 5.65 Å². The van der Waals surface area contributed by atoms with Crippen LogP contribution >= 0.6 is 34.8 Å². The van der Waals surface area contributed by atoms with E-state index in [1.165, 1.54) is 4.52 Å². The van der Waals surface area contributed by atoms with Crippen molar-refractivity contribution in [3.05, 3.63) is 79.6 Å². The smallest absolute Gasteiger partial charge is 0.282 e. The minimum Gasteiger partial charge on any atom is -0.345 e. The average molecular weight is 416 g/mol. The maximum atomic E-state index is 12.9. The first-order chi connectivity index (χ1) is 13.0. The molecule has 1 N–H and O–H groups in total. The summed E-state index contributed by atoms with van der Waals surface area (Å²) in [4.78, 5) is 15.9. The third-order valence-corrected chi connectivity index (χ3v) is 4.91. The number of aromatic amines is 1. The Hall–Kier alpha value is -2.78. The maximum Gasteiger partial charge on any atom is 0.282 e. The van der Waals surface area contributed by atoms with E-state index in [2.05, 4.69) is 16.2 Å². The first kappa shape index (κ1) is 17.6. The van der Waals surface area contributed by atoms with E-state index in [1.54, 1.807) is 48.7 Å². The number of halogens is 3. The molecule has 0 spiro atoms. The van der Waals surface area contributed by atoms with Crippen molar-refractivity contribution in [1.29, 1.82) is 5.26 Å². The number of H-pyrrole nitrogens is 1. The van der Waals surface area contributed by atoms with Gasteiger partial charge in [0.2, 0.25) is 0 Å². The van der Waals surface area contributed by atoms with Crippen LogP contribution in [0.5, 0.6) is 0 Å². The van der Waals surface area contributed by atoms with Crippen LogP contribution < -0.4 is 5.56 Å². The highest BCUT2D eigenvalue weighted by Gasteiger charge is 2.20. The molecule has 8 heteroatoms. The molecule has 0 aliphatic carbocycles. The Bertz CT molecular complexity index is 1280. The van der Waals surface area contributed by atoms with E-state index in [0.717, 1.165) is 0 Å². The fourth-order valence-corrected chi connectivity index (χ4v) is 3.45. The molecule has 4 rings (SSSR count). The molecule has 5 nitrogen and oxygen atoms in total. The topological polar surface area (TPSA) is 74.0 Å². The molecule has 0 saturated heterocycles. The van der Waals surface area contributed by atoms with Crippen LogP contribution in [0.2, 0.25) is 15.1 Å². The molecule has 0 aliphatic heterocycles. The zero-order valence-electron chi connectivity index (χ0n) is 13.5. The van der Waals surface area contributed by atoms with Crippen molar-refractivity contribution < 1.29 is 0 Å². The van der Waals surface area contributed by atoms with Crippen LogP contribution in [0.1, 0.15) is 5.56 Å². The minimum absolute atomic E-state index is 0.221. The highest BCUT2D eigenvalue weighted by molar-refractivity contribution is 6.36. The molecule has 2 heterocycles. The predicted molar refractivity (Wildman–Crippen MR) is 106 cm³/mol. The SMILES string of the molecule is N#Cc1c(-c2ccc(Cl)cc2Cl)nn2c(=O)c(-c3ccc(Cl)cc3)c[nH]c12. The summed E-state index contributed by atoms with van der Waals surface area (Å²) in [6, 6.07) is 13.8. The number of nitrogens with zero attached hydrogens (tertiary/aromatic N) is 3. The number of nitrogens with one attached hydrogen (secondary N) is 1. The van der Waals surface area contributed by atoms with E-state index in [0.29, 0.717) is 43.1 Å². The number of fused-ring (bicyclic) bond motifs is 1. The quantitative estimate of drug-likeness (QED) is 0.489. The molecule has 0 unspecified atom stereocenters. The van der Waals surface area contributed by atoms with Crippen LogP contribution in [-0.4, -0.2) is 14.6 Å². The van der Waals surface area contributed by atoms with Crippen molar-refractivity contribution >= 4 is 40.4 Å². The summed E-state index contributed by atoms with van der Waals surface area (Å²) in [5.41, 5.74) is 2.06. The van der Waals surface area contributed by atoms with Crippen molar-refractivity contribution in [3.8, 4) is 28.5 Å². The van der Waals surface area contributed by atoms with E-state index >= 15 is 0 Å². The summed E-state index contributed by atoms with van der Waals surface area (Å²) >= 11 is 18.1. The van der Waals surface area contributed by atoms with E-state index in [9.17, 15) is 10.1 Å². The van der Waals surface area contributed by atoms with Crippen LogP contribution in [0, 0.1) is 11.3 Å². The zero-order chi connectivity index (χ0) is 19.1. The number of nitriles is 1. The molecule has 2 aromatic carbocycles. The molecule has 0 atom stereocenters. The fourth-order valence-electron chi connectivity index (χ4n) is 2.83. The third kappa shape index (κ3) is 2.98. The van der Waals surface area contributed by atoms with Crippen LogP contribution in [0.15, 0.2) is 53.5 Å². The van der Waals surface area contributed by atoms with Gasteiger partial charge in [0.25, 0.3) is 5.56 Å². The molecule has 0 radical (unpaired) electrons. The summed E-state index contributed by atoms with van der Waals surface area (Å²) in [5, 5.41) is 15.3. The number of benzene rings is 2. The lowest BCUT2D eigenvalue weighted by Crippen LogP contribution is -2.17. The Morgan fingerprint density at radius 3 is 2.37 bits per heavy atom. The van der Waals surface area contributed by atoms with Gasteiger partial charge in [-0.1, -0.05) is 46.9 Å². The maximum absolute atomic E-state index is 12.9. The molecular weight excluding hydrogens is 407 g/mol. The molecule has 0 saturated carbocycles. The van der Waals surface area contributed by atoms with Gasteiger partial charge in [-0.3, -0.25) is 4.79 Å². The van der Waals surface area contributed by atoms with Gasteiger partial charge in [-0.25, -0.2) is 0 Å². The molecule has 4 aromatic rings. The third-order valence-electron chi connectivity index (χ3n) is 4.11. The number of rotatable bonds is 2. The van der Waals surface area contributed by atoms with Crippen molar-refractivity contribution in [2.24, 2.45) is 0 Å². The summed E-state index contributed by atoms with van der Waals surface area (Å²) in [5.74, 6) is 0. The van der Waals surface area contributed by atoms with Crippen molar-refractivity contribution in [2.75, 3.05) is 0 Å². The van der Waals surface area contributed by atoms with Gasteiger partial charge >= 0.3 is 0 Å². The monoisotopic (exact) mass is 414 g/mol. The van der Waals surface area contributed by atoms with E-state index < -0.39 is 0 Å². The zero-order valence-corrected chi connectivity index (χ0v) is 15.8. The second-order valence-electron chi connectivity index (χ2n) is 5.73. The molecule has 0 amide bonds. The molecule has 132 valence electrons. The van der Waals surface area contributed by atoms with Crippen LogP contribution in [0.4, 0.5) is 0 Å². The summed E-state index contributed by atoms with van der Waals surface area (Å²) in [6.07, 6.45) is 1.55. The Morgan fingerprint density at radius 1 is 1.00 bits per heavy atom. The van der Waals surface area contributed by atoms with Crippen molar-refractivity contribution in [2.45, 2.75) is 0 Å². The second kappa shape index (κ2) is 6.75. The first-order valence-electron chi connectivity index (χ1n) is 7.75. The van der Waals surface area contributed by atoms with E-state index in [4.69, 9.17) is 34.8 Å². The highest BCUT2D eigenvalue weighted by atomic mass is 35.5. The average Bonchev–Trinajstić information content (AvgIpc) is 3.02. The molecule has 0 bridgehead atoms. The molecule has 0 aliphatic rings. The van der Waals surface area contributed by atoms with Crippen LogP contribution in [-0.2, 0) is 0 Å². The van der Waals surface area contributed by atoms with Crippen molar-refractivity contribution in [1.82, 2.24) is 14.6 Å². The lowest BCUT2D eigenvalue weighted by Gasteiger charge is -2.02. The predicted octanol–water partition coefficient (Wildman–Crippen LogP) is 5.19. The lowest BCUT2D eigenvalue weighted by atomic mass is 10.1. The van der Waals surface area contributed by atoms with Gasteiger partial charge in [0, 0.05) is 21.8 Å². The highest BCUT2D eigenvalue weighted by Crippen LogP contribution is 2.32. The summed E-state index contributed by atoms with van der Waals surface area (Å²) in [7, 11) is 0. The molecule has 27 heavy (non-hydrogen) atoms. The second-order valence-corrected chi connectivity index (χ2v) is 7.01. The largest absolute Gasteiger partial charge is 0.345 e. The van der Waals surface area contributed by atoms with Gasteiger partial charge in [-0.2, -0.15) is 14.9 Å². The van der Waals surface area contributed by atoms with Gasteiger partial charge in [0.1, 0.15) is 17.3 Å². The molecule has 2 aromatic heterocycles. The van der Waals surface area contributed by atoms with E-state index in [-0.39, 0.29) is 11.1 Å². The number of aromatic nitrogens is 3. The Morgan fingerprint density at radius 2 is 1.70 bits per heavy atom. The summed E-state index contributed by atoms with van der Waals surface area (Å²) in [6.45, 7) is 0. The van der Waals surface area contributed by atoms with Gasteiger partial charge < -0.3 is 4.98 Å². The van der Waals surface area contributed by atoms with Crippen LogP contribution in [0.25, 0.3) is 28.0 Å². The van der Waals surface area contributed by atoms with Gasteiger partial charge in [-0.15, -0.1) is 0 Å². The van der Waals surface area contributed by atoms with Crippen LogP contribution in [0.3, 0.4) is 0 Å². The van der Waals surface area contributed by atoms with E-state index in [1.807, 2.05) is 0 Å². The standard InChI is InChI=1S/C19H9Cl3N4O/c20-11-3-1-10(2-4-11)15-9-24-18-14(8-23)17(25-26(18)19(15)27)13-6-5-12(21)7-16(13)22/h1-7,9,24H. The number of hydrogen-bond donors (Lipinski definition) is 1. The molecule has 0 fully saturated rings.